The van der Waals surface area contributed by atoms with Crippen molar-refractivity contribution in [3.63, 3.8) is 0 Å². The van der Waals surface area contributed by atoms with E-state index in [0.717, 1.165) is 18.4 Å². The van der Waals surface area contributed by atoms with Crippen molar-refractivity contribution in [2.24, 2.45) is 0 Å². The first-order valence-electron chi connectivity index (χ1n) is 9.80. The van der Waals surface area contributed by atoms with Crippen LogP contribution in [0.15, 0.2) is 60.7 Å². The molecule has 0 radical (unpaired) electrons. The highest BCUT2D eigenvalue weighted by Crippen LogP contribution is 2.06. The molecule has 0 fully saturated rings. The molecule has 0 spiro atoms. The first kappa shape index (κ1) is 22.9. The van der Waals surface area contributed by atoms with E-state index in [9.17, 15) is 14.4 Å². The van der Waals surface area contributed by atoms with Crippen molar-refractivity contribution in [3.8, 4) is 0 Å². The first-order valence-corrected chi connectivity index (χ1v) is 9.80. The third kappa shape index (κ3) is 8.74. The standard InChI is InChI=1S/C22H27N3O5/c26-20(14-8-7-11-17-9-3-1-4-10-17)23-15-19(21(27)25-29)24-22(28)30-16-18-12-5-2-6-13-18/h1-6,9-10,12-13,19,29H,7-8,11,14-16H2,(H,23,26)(H,24,28)(H,25,27)/t19-/m0/s1. The number of hydroxylamine groups is 1. The van der Waals surface area contributed by atoms with Gasteiger partial charge in [0.05, 0.1) is 0 Å². The van der Waals surface area contributed by atoms with Crippen molar-refractivity contribution in [2.45, 2.75) is 38.3 Å². The van der Waals surface area contributed by atoms with E-state index in [1.165, 1.54) is 11.0 Å². The summed E-state index contributed by atoms with van der Waals surface area (Å²) in [5, 5.41) is 13.8. The van der Waals surface area contributed by atoms with Gasteiger partial charge in [-0.05, 0) is 30.4 Å². The third-order valence-electron chi connectivity index (χ3n) is 4.40. The van der Waals surface area contributed by atoms with E-state index in [-0.39, 0.29) is 19.1 Å². The molecule has 8 heteroatoms. The second-order valence-corrected chi connectivity index (χ2v) is 6.73. The average Bonchev–Trinajstić information content (AvgIpc) is 2.79. The van der Waals surface area contributed by atoms with Gasteiger partial charge in [-0.3, -0.25) is 14.8 Å². The Hall–Kier alpha value is -3.39. The van der Waals surface area contributed by atoms with Crippen LogP contribution in [-0.4, -0.2) is 35.7 Å². The van der Waals surface area contributed by atoms with Crippen LogP contribution >= 0.6 is 0 Å². The van der Waals surface area contributed by atoms with Crippen LogP contribution in [0.3, 0.4) is 0 Å². The summed E-state index contributed by atoms with van der Waals surface area (Å²) < 4.78 is 5.06. The van der Waals surface area contributed by atoms with E-state index in [4.69, 9.17) is 9.94 Å². The van der Waals surface area contributed by atoms with Gasteiger partial charge in [0, 0.05) is 13.0 Å². The molecule has 0 aliphatic carbocycles. The number of benzene rings is 2. The van der Waals surface area contributed by atoms with Crippen molar-refractivity contribution < 1.29 is 24.3 Å². The maximum absolute atomic E-state index is 12.0. The molecule has 2 aromatic carbocycles. The number of carbonyl (C=O) groups is 3. The molecule has 0 unspecified atom stereocenters. The number of carbonyl (C=O) groups excluding carboxylic acids is 3. The molecule has 0 aliphatic rings. The number of nitrogens with one attached hydrogen (secondary N) is 3. The monoisotopic (exact) mass is 413 g/mol. The number of rotatable bonds is 11. The number of alkyl carbamates (subject to hydrolysis) is 1. The van der Waals surface area contributed by atoms with Gasteiger partial charge in [0.2, 0.25) is 5.91 Å². The summed E-state index contributed by atoms with van der Waals surface area (Å²) in [7, 11) is 0. The lowest BCUT2D eigenvalue weighted by atomic mass is 10.1. The largest absolute Gasteiger partial charge is 0.445 e. The fourth-order valence-electron chi connectivity index (χ4n) is 2.76. The Balaban J connectivity index is 1.69. The van der Waals surface area contributed by atoms with E-state index in [2.05, 4.69) is 10.6 Å². The molecule has 4 N–H and O–H groups in total. The fourth-order valence-corrected chi connectivity index (χ4v) is 2.76. The van der Waals surface area contributed by atoms with E-state index in [0.29, 0.717) is 12.8 Å². The molecule has 3 amide bonds. The average molecular weight is 413 g/mol. The van der Waals surface area contributed by atoms with Crippen LogP contribution in [0.2, 0.25) is 0 Å². The predicted octanol–water partition coefficient (Wildman–Crippen LogP) is 2.32. The van der Waals surface area contributed by atoms with Crippen LogP contribution in [0, 0.1) is 0 Å². The lowest BCUT2D eigenvalue weighted by molar-refractivity contribution is -0.131. The number of aryl methyl sites for hydroxylation is 1. The molecule has 0 bridgehead atoms. The Labute approximate surface area is 175 Å². The van der Waals surface area contributed by atoms with Gasteiger partial charge < -0.3 is 15.4 Å². The second-order valence-electron chi connectivity index (χ2n) is 6.73. The van der Waals surface area contributed by atoms with Crippen molar-refractivity contribution in [2.75, 3.05) is 6.54 Å². The normalized spacial score (nSPS) is 11.2. The van der Waals surface area contributed by atoms with Gasteiger partial charge >= 0.3 is 6.09 Å². The third-order valence-corrected chi connectivity index (χ3v) is 4.40. The SMILES string of the molecule is O=C(CCCCc1ccccc1)NC[C@H](NC(=O)OCc1ccccc1)C(=O)NO. The van der Waals surface area contributed by atoms with Crippen LogP contribution < -0.4 is 16.1 Å². The van der Waals surface area contributed by atoms with Gasteiger partial charge in [-0.15, -0.1) is 0 Å². The lowest BCUT2D eigenvalue weighted by Crippen LogP contribution is -2.52. The number of ether oxygens (including phenoxy) is 1. The summed E-state index contributed by atoms with van der Waals surface area (Å²) in [4.78, 5) is 35.7. The molecule has 0 aliphatic heterocycles. The number of unbranched alkanes of at least 4 members (excludes halogenated alkanes) is 1. The Morgan fingerprint density at radius 2 is 1.53 bits per heavy atom. The van der Waals surface area contributed by atoms with Gasteiger partial charge in [0.15, 0.2) is 0 Å². The molecule has 0 aromatic heterocycles. The van der Waals surface area contributed by atoms with Crippen LogP contribution in [0.5, 0.6) is 0 Å². The summed E-state index contributed by atoms with van der Waals surface area (Å²) in [6.07, 6.45) is 1.92. The first-order chi connectivity index (χ1) is 14.6. The summed E-state index contributed by atoms with van der Waals surface area (Å²) in [6.45, 7) is -0.127. The topological polar surface area (TPSA) is 117 Å². The molecule has 1 atom stereocenters. The lowest BCUT2D eigenvalue weighted by Gasteiger charge is -2.17. The fraction of sp³-hybridized carbons (Fsp3) is 0.318. The highest BCUT2D eigenvalue weighted by Gasteiger charge is 2.22. The highest BCUT2D eigenvalue weighted by atomic mass is 16.5. The molecule has 0 saturated heterocycles. The Bertz CT molecular complexity index is 799. The Morgan fingerprint density at radius 3 is 2.17 bits per heavy atom. The molecule has 30 heavy (non-hydrogen) atoms. The smallest absolute Gasteiger partial charge is 0.408 e. The van der Waals surface area contributed by atoms with Gasteiger partial charge in [-0.25, -0.2) is 10.3 Å². The van der Waals surface area contributed by atoms with Gasteiger partial charge in [-0.2, -0.15) is 0 Å². The maximum Gasteiger partial charge on any atom is 0.408 e. The summed E-state index contributed by atoms with van der Waals surface area (Å²) in [6, 6.07) is 17.9. The van der Waals surface area contributed by atoms with E-state index in [1.54, 1.807) is 12.1 Å². The molecular formula is C22H27N3O5. The van der Waals surface area contributed by atoms with Crippen molar-refractivity contribution in [1.29, 1.82) is 0 Å². The second kappa shape index (κ2) is 12.9. The van der Waals surface area contributed by atoms with Crippen LogP contribution in [0.4, 0.5) is 4.79 Å². The zero-order valence-electron chi connectivity index (χ0n) is 16.7. The quantitative estimate of drug-likeness (QED) is 0.256. The molecule has 2 aromatic rings. The Morgan fingerprint density at radius 1 is 0.900 bits per heavy atom. The van der Waals surface area contributed by atoms with E-state index >= 15 is 0 Å². The van der Waals surface area contributed by atoms with E-state index in [1.807, 2.05) is 48.5 Å². The van der Waals surface area contributed by atoms with Crippen LogP contribution in [-0.2, 0) is 27.4 Å². The molecule has 2 rings (SSSR count). The highest BCUT2D eigenvalue weighted by molar-refractivity contribution is 5.86. The number of hydrogen-bond donors (Lipinski definition) is 4. The van der Waals surface area contributed by atoms with Gasteiger partial charge in [0.1, 0.15) is 12.6 Å². The number of hydrogen-bond acceptors (Lipinski definition) is 5. The minimum atomic E-state index is -1.16. The Kier molecular flexibility index (Phi) is 9.88. The van der Waals surface area contributed by atoms with Crippen LogP contribution in [0.1, 0.15) is 30.4 Å². The molecular weight excluding hydrogens is 386 g/mol. The number of amides is 3. The molecule has 8 nitrogen and oxygen atoms in total. The summed E-state index contributed by atoms with van der Waals surface area (Å²) in [5.74, 6) is -1.09. The zero-order chi connectivity index (χ0) is 21.6. The van der Waals surface area contributed by atoms with Crippen molar-refractivity contribution in [1.82, 2.24) is 16.1 Å². The van der Waals surface area contributed by atoms with Crippen molar-refractivity contribution >= 4 is 17.9 Å². The minimum absolute atomic E-state index is 0.0356. The molecule has 160 valence electrons. The van der Waals surface area contributed by atoms with Crippen LogP contribution in [0.25, 0.3) is 0 Å². The van der Waals surface area contributed by atoms with Crippen molar-refractivity contribution in [3.05, 3.63) is 71.8 Å². The maximum atomic E-state index is 12.0. The zero-order valence-corrected chi connectivity index (χ0v) is 16.7. The predicted molar refractivity (Wildman–Crippen MR) is 110 cm³/mol. The summed E-state index contributed by atoms with van der Waals surface area (Å²) in [5.41, 5.74) is 3.49. The van der Waals surface area contributed by atoms with E-state index < -0.39 is 18.0 Å². The van der Waals surface area contributed by atoms with Gasteiger partial charge in [0.25, 0.3) is 5.91 Å². The summed E-state index contributed by atoms with van der Waals surface area (Å²) >= 11 is 0. The minimum Gasteiger partial charge on any atom is -0.445 e. The van der Waals surface area contributed by atoms with Gasteiger partial charge in [-0.1, -0.05) is 60.7 Å². The molecule has 0 saturated carbocycles. The molecule has 0 heterocycles.